The predicted molar refractivity (Wildman–Crippen MR) is 38.4 cm³/mol. The number of carbonyl (C=O) groups excluding carboxylic acids is 1. The van der Waals surface area contributed by atoms with Crippen LogP contribution in [0.4, 0.5) is 4.79 Å². The van der Waals surface area contributed by atoms with E-state index >= 15 is 0 Å². The predicted octanol–water partition coefficient (Wildman–Crippen LogP) is 2.37. The molecule has 0 aromatic rings. The highest BCUT2D eigenvalue weighted by molar-refractivity contribution is 7.96. The van der Waals surface area contributed by atoms with Gasteiger partial charge in [0.05, 0.1) is 6.61 Å². The Morgan fingerprint density at radius 1 is 1.56 bits per heavy atom. The van der Waals surface area contributed by atoms with E-state index in [1.165, 1.54) is 0 Å². The lowest BCUT2D eigenvalue weighted by atomic mass is 9.99. The molecule has 0 N–H and O–H groups in total. The molecule has 1 radical (unpaired) electrons. The summed E-state index contributed by atoms with van der Waals surface area (Å²) in [5.74, 6) is 0. The summed E-state index contributed by atoms with van der Waals surface area (Å²) in [4.78, 5) is 10.1. The molecule has 0 rings (SSSR count). The van der Waals surface area contributed by atoms with Crippen LogP contribution >= 0.6 is 12.6 Å². The first-order valence-electron chi connectivity index (χ1n) is 2.75. The van der Waals surface area contributed by atoms with E-state index in [9.17, 15) is 4.79 Å². The number of hydrogen-bond donors (Lipinski definition) is 0. The summed E-state index contributed by atoms with van der Waals surface area (Å²) in [6.07, 6.45) is 0. The van der Waals surface area contributed by atoms with Gasteiger partial charge in [-0.25, -0.2) is 4.79 Å². The molecule has 0 aromatic carbocycles. The van der Waals surface area contributed by atoms with Gasteiger partial charge in [0.25, 0.3) is 0 Å². The summed E-state index contributed by atoms with van der Waals surface area (Å²) < 4.78 is 4.58. The van der Waals surface area contributed by atoms with Crippen molar-refractivity contribution in [1.29, 1.82) is 0 Å². The first-order valence-corrected chi connectivity index (χ1v) is 3.16. The Morgan fingerprint density at radius 2 is 2.00 bits per heavy atom. The highest BCUT2D eigenvalue weighted by Crippen LogP contribution is 2.13. The molecule has 0 unspecified atom stereocenters. The highest BCUT2D eigenvalue weighted by Gasteiger charge is 2.11. The topological polar surface area (TPSA) is 26.3 Å². The minimum atomic E-state index is -0.620. The van der Waals surface area contributed by atoms with Crippen LogP contribution in [0, 0.1) is 5.41 Å². The molecule has 0 heterocycles. The van der Waals surface area contributed by atoms with Crippen LogP contribution < -0.4 is 0 Å². The Morgan fingerprint density at radius 3 is 2.11 bits per heavy atom. The lowest BCUT2D eigenvalue weighted by Gasteiger charge is -2.15. The Labute approximate surface area is 61.0 Å². The standard InChI is InChI=1S/C6H11O2S/c1-6(2,3)4-8-5(7)9/h4H2,1-3H3. The monoisotopic (exact) mass is 147 g/mol. The fourth-order valence-corrected chi connectivity index (χ4v) is 0.334. The van der Waals surface area contributed by atoms with Gasteiger partial charge in [0.1, 0.15) is 0 Å². The van der Waals surface area contributed by atoms with E-state index in [1.54, 1.807) is 0 Å². The quantitative estimate of drug-likeness (QED) is 0.532. The van der Waals surface area contributed by atoms with Crippen molar-refractivity contribution < 1.29 is 9.53 Å². The SMILES string of the molecule is CC(C)(C)COC(=O)[S]. The van der Waals surface area contributed by atoms with Crippen molar-refractivity contribution in [2.24, 2.45) is 5.41 Å². The van der Waals surface area contributed by atoms with Crippen LogP contribution in [0.2, 0.25) is 0 Å². The van der Waals surface area contributed by atoms with E-state index in [2.05, 4.69) is 17.4 Å². The minimum Gasteiger partial charge on any atom is -0.454 e. The van der Waals surface area contributed by atoms with Gasteiger partial charge in [0.15, 0.2) is 0 Å². The van der Waals surface area contributed by atoms with Crippen LogP contribution in [0.5, 0.6) is 0 Å². The second-order valence-electron chi connectivity index (χ2n) is 3.10. The van der Waals surface area contributed by atoms with E-state index in [-0.39, 0.29) is 5.41 Å². The van der Waals surface area contributed by atoms with E-state index in [1.807, 2.05) is 20.8 Å². The molecule has 3 heteroatoms. The van der Waals surface area contributed by atoms with Crippen molar-refractivity contribution in [3.63, 3.8) is 0 Å². The van der Waals surface area contributed by atoms with Crippen molar-refractivity contribution in [3.8, 4) is 0 Å². The molecule has 53 valence electrons. The molecule has 0 aliphatic carbocycles. The van der Waals surface area contributed by atoms with Gasteiger partial charge in [0.2, 0.25) is 0 Å². The molecule has 0 aromatic heterocycles. The summed E-state index contributed by atoms with van der Waals surface area (Å²) >= 11 is 4.19. The van der Waals surface area contributed by atoms with Gasteiger partial charge in [-0.2, -0.15) is 0 Å². The maximum absolute atomic E-state index is 10.1. The zero-order valence-corrected chi connectivity index (χ0v) is 6.75. The molecule has 0 fully saturated rings. The Bertz CT molecular complexity index is 104. The third-order valence-electron chi connectivity index (χ3n) is 0.623. The molecule has 0 spiro atoms. The van der Waals surface area contributed by atoms with E-state index < -0.39 is 5.30 Å². The van der Waals surface area contributed by atoms with Crippen molar-refractivity contribution in [3.05, 3.63) is 0 Å². The summed E-state index contributed by atoms with van der Waals surface area (Å²) in [5.41, 5.74) is 0.0223. The Balaban J connectivity index is 3.39. The average molecular weight is 147 g/mol. The zero-order chi connectivity index (χ0) is 7.49. The van der Waals surface area contributed by atoms with Crippen molar-refractivity contribution in [1.82, 2.24) is 0 Å². The van der Waals surface area contributed by atoms with Crippen molar-refractivity contribution in [2.75, 3.05) is 6.61 Å². The third kappa shape index (κ3) is 7.69. The second kappa shape index (κ2) is 3.01. The molecule has 0 saturated carbocycles. The fraction of sp³-hybridized carbons (Fsp3) is 0.833. The molecule has 0 amide bonds. The summed E-state index contributed by atoms with van der Waals surface area (Å²) in [6, 6.07) is 0. The summed E-state index contributed by atoms with van der Waals surface area (Å²) in [6.45, 7) is 6.33. The van der Waals surface area contributed by atoms with E-state index in [0.29, 0.717) is 6.61 Å². The molecule has 0 atom stereocenters. The summed E-state index contributed by atoms with van der Waals surface area (Å²) in [7, 11) is 0. The smallest absolute Gasteiger partial charge is 0.400 e. The van der Waals surface area contributed by atoms with Crippen LogP contribution in [0.15, 0.2) is 0 Å². The lowest BCUT2D eigenvalue weighted by Crippen LogP contribution is -2.15. The highest BCUT2D eigenvalue weighted by atomic mass is 32.1. The Hall–Kier alpha value is -0.310. The molecular weight excluding hydrogens is 136 g/mol. The van der Waals surface area contributed by atoms with Gasteiger partial charge in [-0.1, -0.05) is 20.8 Å². The molecule has 2 nitrogen and oxygen atoms in total. The van der Waals surface area contributed by atoms with Crippen LogP contribution in [0.3, 0.4) is 0 Å². The van der Waals surface area contributed by atoms with Crippen LogP contribution in [0.1, 0.15) is 20.8 Å². The molecule has 0 aliphatic heterocycles. The van der Waals surface area contributed by atoms with Gasteiger partial charge in [-0.05, 0) is 5.41 Å². The van der Waals surface area contributed by atoms with Gasteiger partial charge in [-0.15, -0.1) is 0 Å². The van der Waals surface area contributed by atoms with Crippen LogP contribution in [0.25, 0.3) is 0 Å². The van der Waals surface area contributed by atoms with E-state index in [4.69, 9.17) is 0 Å². The fourth-order valence-electron chi connectivity index (χ4n) is 0.275. The molecule has 9 heavy (non-hydrogen) atoms. The van der Waals surface area contributed by atoms with Gasteiger partial charge in [0, 0.05) is 12.6 Å². The minimum absolute atomic E-state index is 0.0223. The maximum Gasteiger partial charge on any atom is 0.400 e. The normalized spacial score (nSPS) is 11.0. The zero-order valence-electron chi connectivity index (χ0n) is 5.93. The largest absolute Gasteiger partial charge is 0.454 e. The number of rotatable bonds is 1. The lowest BCUT2D eigenvalue weighted by molar-refractivity contribution is 0.130. The molecule has 0 aliphatic rings. The summed E-state index contributed by atoms with van der Waals surface area (Å²) in [5, 5.41) is -0.620. The van der Waals surface area contributed by atoms with E-state index in [0.717, 1.165) is 0 Å². The van der Waals surface area contributed by atoms with Gasteiger partial charge >= 0.3 is 5.30 Å². The molecule has 0 bridgehead atoms. The first kappa shape index (κ1) is 8.69. The Kier molecular flexibility index (Phi) is 2.91. The number of ether oxygens (including phenoxy) is 1. The van der Waals surface area contributed by atoms with Gasteiger partial charge < -0.3 is 4.74 Å². The van der Waals surface area contributed by atoms with Crippen molar-refractivity contribution in [2.45, 2.75) is 20.8 Å². The van der Waals surface area contributed by atoms with Gasteiger partial charge in [-0.3, -0.25) is 0 Å². The first-order chi connectivity index (χ1) is 3.92. The molecule has 0 saturated heterocycles. The number of carbonyl (C=O) groups is 1. The third-order valence-corrected chi connectivity index (χ3v) is 0.741. The number of hydrogen-bond acceptors (Lipinski definition) is 2. The average Bonchev–Trinajstić information content (AvgIpc) is 1.59. The van der Waals surface area contributed by atoms with Crippen LogP contribution in [-0.2, 0) is 4.74 Å². The van der Waals surface area contributed by atoms with Crippen molar-refractivity contribution >= 4 is 17.9 Å². The van der Waals surface area contributed by atoms with Crippen LogP contribution in [-0.4, -0.2) is 11.9 Å². The maximum atomic E-state index is 10.1. The second-order valence-corrected chi connectivity index (χ2v) is 3.43. The molecular formula is C6H11O2S.